The van der Waals surface area contributed by atoms with E-state index in [2.05, 4.69) is 328 Å². The van der Waals surface area contributed by atoms with Crippen LogP contribution in [0.15, 0.2) is 349 Å². The van der Waals surface area contributed by atoms with Crippen molar-refractivity contribution in [2.24, 2.45) is 0 Å². The van der Waals surface area contributed by atoms with Crippen molar-refractivity contribution in [1.29, 1.82) is 0 Å². The molecule has 0 amide bonds. The van der Waals surface area contributed by atoms with Crippen LogP contribution >= 0.6 is 0 Å². The molecule has 0 atom stereocenters. The van der Waals surface area contributed by atoms with Gasteiger partial charge in [0.15, 0.2) is 11.2 Å². The molecule has 0 saturated heterocycles. The van der Waals surface area contributed by atoms with Gasteiger partial charge in [-0.1, -0.05) is 212 Å². The molecule has 0 radical (unpaired) electrons. The van der Waals surface area contributed by atoms with Crippen LogP contribution in [-0.4, -0.2) is 28.2 Å². The van der Waals surface area contributed by atoms with Crippen molar-refractivity contribution in [1.82, 2.24) is 28.2 Å². The van der Waals surface area contributed by atoms with Gasteiger partial charge in [-0.3, -0.25) is 0 Å². The van der Waals surface area contributed by atoms with Gasteiger partial charge in [0.1, 0.15) is 33.6 Å². The zero-order valence-corrected chi connectivity index (χ0v) is 54.8. The molecule has 0 spiro atoms. The highest BCUT2D eigenvalue weighted by Gasteiger charge is 2.26. The monoisotopic (exact) mass is 1300 g/mol. The standard InChI is InChI=1S/C49H29N3O.C45H27N3O/c1-2-14-33-30(12-1)13-11-22-41(33)51-42-20-8-4-15-34(42)38-28-31(24-26-44(38)51)32-25-27-45-39(29-32)35-16-5-9-21-43(35)52(45)48-36-17-3-7-19-40(36)50-47-37-18-6-10-23-46(37)53-49(47)48;1-2-12-30(13-3-1)47-38-19-9-5-14-31(38)35-26-28(22-24-40(35)47)29-23-25-41-36(27-29)32-15-6-10-20-39(32)48(41)44-33-16-4-8-18-37(33)46-43-34-17-7-11-21-42(34)49-45(43)44/h1-29H;1-27H. The summed E-state index contributed by atoms with van der Waals surface area (Å²) in [5.41, 5.74) is 25.4. The van der Waals surface area contributed by atoms with Crippen molar-refractivity contribution in [3.8, 4) is 45.0 Å². The number of rotatable bonds is 6. The molecule has 15 aromatic carbocycles. The molecular weight excluding hydrogens is 1250 g/mol. The Labute approximate surface area is 582 Å². The first-order chi connectivity index (χ1) is 50.6. The number of para-hydroxylation sites is 9. The highest BCUT2D eigenvalue weighted by molar-refractivity contribution is 6.20. The third-order valence-electron chi connectivity index (χ3n) is 21.2. The lowest BCUT2D eigenvalue weighted by Gasteiger charge is -2.12. The molecule has 102 heavy (non-hydrogen) atoms. The molecule has 23 rings (SSSR count). The molecule has 0 N–H and O–H groups in total. The molecule has 8 heterocycles. The topological polar surface area (TPSA) is 71.8 Å². The van der Waals surface area contributed by atoms with E-state index >= 15 is 0 Å². The van der Waals surface area contributed by atoms with Gasteiger partial charge in [0.25, 0.3) is 0 Å². The fourth-order valence-corrected chi connectivity index (χ4v) is 16.7. The summed E-state index contributed by atoms with van der Waals surface area (Å²) in [5.74, 6) is 0. The summed E-state index contributed by atoms with van der Waals surface area (Å²) < 4.78 is 22.8. The highest BCUT2D eigenvalue weighted by Crippen LogP contribution is 2.46. The quantitative estimate of drug-likeness (QED) is 0.166. The third kappa shape index (κ3) is 8.26. The maximum Gasteiger partial charge on any atom is 0.178 e. The summed E-state index contributed by atoms with van der Waals surface area (Å²) in [5, 5.41) is 16.4. The average Bonchev–Trinajstić information content (AvgIpc) is 1.56. The molecule has 0 aliphatic heterocycles. The SMILES string of the molecule is c1ccc(-n2c3ccccc3c3cc(-c4ccc5c(c4)c4ccccc4n5-c4c5ccccc5nc5c4oc4ccccc45)ccc32)cc1.c1ccc2c(-n3c4ccccc4c4cc(-c5ccc6c(c5)c5ccccc5n6-c5c6ccccc6nc6c5oc5ccccc56)ccc43)cccc2c1. The minimum atomic E-state index is 0.796. The predicted octanol–water partition coefficient (Wildman–Crippen LogP) is 25.1. The van der Waals surface area contributed by atoms with E-state index in [1.165, 1.54) is 104 Å². The number of pyridine rings is 2. The Morgan fingerprint density at radius 1 is 0.216 bits per heavy atom. The first kappa shape index (κ1) is 56.2. The number of hydrogen-bond donors (Lipinski definition) is 0. The van der Waals surface area contributed by atoms with E-state index in [0.717, 1.165) is 105 Å². The van der Waals surface area contributed by atoms with Gasteiger partial charge < -0.3 is 27.1 Å². The number of benzene rings is 15. The van der Waals surface area contributed by atoms with Crippen LogP contribution < -0.4 is 0 Å². The van der Waals surface area contributed by atoms with Gasteiger partial charge in [0.2, 0.25) is 0 Å². The van der Waals surface area contributed by atoms with E-state index in [-0.39, 0.29) is 0 Å². The van der Waals surface area contributed by atoms with Gasteiger partial charge in [-0.15, -0.1) is 0 Å². The van der Waals surface area contributed by atoms with Crippen molar-refractivity contribution in [2.45, 2.75) is 0 Å². The summed E-state index contributed by atoms with van der Waals surface area (Å²) in [6.45, 7) is 0. The zero-order valence-electron chi connectivity index (χ0n) is 54.8. The Balaban J connectivity index is 0.000000129. The minimum Gasteiger partial charge on any atom is -0.452 e. The predicted molar refractivity (Wildman–Crippen MR) is 424 cm³/mol. The molecule has 0 unspecified atom stereocenters. The molecule has 8 nitrogen and oxygen atoms in total. The van der Waals surface area contributed by atoms with Crippen LogP contribution in [0.25, 0.3) is 209 Å². The third-order valence-corrected chi connectivity index (χ3v) is 21.2. The molecule has 8 heteroatoms. The molecular formula is C94H56N6O2. The molecule has 0 aliphatic rings. The number of fused-ring (bicyclic) bond motifs is 21. The van der Waals surface area contributed by atoms with Crippen molar-refractivity contribution < 1.29 is 8.83 Å². The van der Waals surface area contributed by atoms with Crippen molar-refractivity contribution >= 4 is 164 Å². The Morgan fingerprint density at radius 3 is 1.00 bits per heavy atom. The lowest BCUT2D eigenvalue weighted by Crippen LogP contribution is -1.97. The molecule has 23 aromatic rings. The zero-order chi connectivity index (χ0) is 66.7. The van der Waals surface area contributed by atoms with Crippen LogP contribution in [-0.2, 0) is 0 Å². The Kier molecular flexibility index (Phi) is 12.0. The molecule has 0 bridgehead atoms. The van der Waals surface area contributed by atoms with Gasteiger partial charge in [0, 0.05) is 75.7 Å². The van der Waals surface area contributed by atoms with Gasteiger partial charge >= 0.3 is 0 Å². The molecule has 0 fully saturated rings. The molecule has 0 aliphatic carbocycles. The van der Waals surface area contributed by atoms with E-state index < -0.39 is 0 Å². The van der Waals surface area contributed by atoms with Crippen LogP contribution in [0.3, 0.4) is 0 Å². The Morgan fingerprint density at radius 2 is 0.539 bits per heavy atom. The first-order valence-corrected chi connectivity index (χ1v) is 34.7. The smallest absolute Gasteiger partial charge is 0.178 e. The van der Waals surface area contributed by atoms with Crippen LogP contribution in [0.1, 0.15) is 0 Å². The summed E-state index contributed by atoms with van der Waals surface area (Å²) in [7, 11) is 0. The molecule has 8 aromatic heterocycles. The minimum absolute atomic E-state index is 0.796. The second kappa shape index (κ2) is 21.8. The second-order valence-electron chi connectivity index (χ2n) is 26.7. The Bertz CT molecular complexity index is 7460. The number of furan rings is 2. The lowest BCUT2D eigenvalue weighted by atomic mass is 10.0. The van der Waals surface area contributed by atoms with Gasteiger partial charge in [0.05, 0.1) is 60.9 Å². The maximum absolute atomic E-state index is 6.65. The summed E-state index contributed by atoms with van der Waals surface area (Å²) >= 11 is 0. The summed E-state index contributed by atoms with van der Waals surface area (Å²) in [4.78, 5) is 10.2. The van der Waals surface area contributed by atoms with Crippen LogP contribution in [0.4, 0.5) is 0 Å². The van der Waals surface area contributed by atoms with Crippen molar-refractivity contribution in [2.75, 3.05) is 0 Å². The van der Waals surface area contributed by atoms with Crippen LogP contribution in [0.2, 0.25) is 0 Å². The maximum atomic E-state index is 6.65. The Hall–Kier alpha value is -13.8. The number of aromatic nitrogens is 6. The van der Waals surface area contributed by atoms with Gasteiger partial charge in [-0.25, -0.2) is 9.97 Å². The van der Waals surface area contributed by atoms with E-state index in [0.29, 0.717) is 0 Å². The number of hydrogen-bond acceptors (Lipinski definition) is 4. The van der Waals surface area contributed by atoms with Crippen LogP contribution in [0, 0.1) is 0 Å². The lowest BCUT2D eigenvalue weighted by molar-refractivity contribution is 0.666. The van der Waals surface area contributed by atoms with E-state index in [1.807, 2.05) is 30.3 Å². The fourth-order valence-electron chi connectivity index (χ4n) is 16.7. The second-order valence-corrected chi connectivity index (χ2v) is 26.7. The summed E-state index contributed by atoms with van der Waals surface area (Å²) in [6, 6.07) is 121. The molecule has 0 saturated carbocycles. The van der Waals surface area contributed by atoms with E-state index in [4.69, 9.17) is 18.8 Å². The average molecular weight is 1300 g/mol. The van der Waals surface area contributed by atoms with Crippen LogP contribution in [0.5, 0.6) is 0 Å². The van der Waals surface area contributed by atoms with Gasteiger partial charge in [-0.2, -0.15) is 0 Å². The van der Waals surface area contributed by atoms with E-state index in [1.54, 1.807) is 0 Å². The van der Waals surface area contributed by atoms with Gasteiger partial charge in [-0.05, 0) is 155 Å². The fraction of sp³-hybridized carbons (Fsp3) is 0. The normalized spacial score (nSPS) is 12.1. The highest BCUT2D eigenvalue weighted by atomic mass is 16.3. The van der Waals surface area contributed by atoms with E-state index in [9.17, 15) is 0 Å². The number of nitrogens with zero attached hydrogens (tertiary/aromatic N) is 6. The first-order valence-electron chi connectivity index (χ1n) is 34.7. The largest absolute Gasteiger partial charge is 0.452 e. The summed E-state index contributed by atoms with van der Waals surface area (Å²) in [6.07, 6.45) is 0. The molecule has 474 valence electrons. The van der Waals surface area contributed by atoms with Crippen molar-refractivity contribution in [3.05, 3.63) is 340 Å². The van der Waals surface area contributed by atoms with Crippen molar-refractivity contribution in [3.63, 3.8) is 0 Å².